The number of nitrogens with one attached hydrogen (secondary N) is 2. The molecular weight excluding hydrogens is 398 g/mol. The summed E-state index contributed by atoms with van der Waals surface area (Å²) >= 11 is 3.37. The van der Waals surface area contributed by atoms with E-state index in [1.807, 2.05) is 34.6 Å². The third-order valence-corrected chi connectivity index (χ3v) is 7.45. The average molecular weight is 422 g/mol. The van der Waals surface area contributed by atoms with Crippen LogP contribution in [0.3, 0.4) is 0 Å². The molecule has 1 aromatic heterocycles. The van der Waals surface area contributed by atoms with Gasteiger partial charge < -0.3 is 14.8 Å². The number of methoxy groups -OCH3 is 2. The van der Waals surface area contributed by atoms with Crippen molar-refractivity contribution in [2.75, 3.05) is 36.8 Å². The minimum absolute atomic E-state index is 0.0906. The van der Waals surface area contributed by atoms with Crippen molar-refractivity contribution in [2.24, 2.45) is 0 Å². The predicted octanol–water partition coefficient (Wildman–Crippen LogP) is 3.04. The van der Waals surface area contributed by atoms with Crippen molar-refractivity contribution in [3.63, 3.8) is 0 Å². The first-order chi connectivity index (χ1) is 13.6. The smallest absolute Gasteiger partial charge is 0.270 e. The van der Waals surface area contributed by atoms with Gasteiger partial charge in [0.05, 0.1) is 36.8 Å². The molecule has 0 radical (unpaired) electrons. The molecule has 2 N–H and O–H groups in total. The molecule has 0 spiro atoms. The molecule has 150 valence electrons. The number of nitrogens with zero attached hydrogens (tertiary/aromatic N) is 1. The number of aromatic amines is 1. The zero-order valence-electron chi connectivity index (χ0n) is 15.8. The van der Waals surface area contributed by atoms with Crippen molar-refractivity contribution in [3.05, 3.63) is 39.7 Å². The minimum atomic E-state index is -0.267. The van der Waals surface area contributed by atoms with Crippen LogP contribution in [0.4, 0.5) is 5.82 Å². The Balaban J connectivity index is 1.80. The lowest BCUT2D eigenvalue weighted by Gasteiger charge is -2.24. The second-order valence-corrected chi connectivity index (χ2v) is 9.09. The van der Waals surface area contributed by atoms with Gasteiger partial charge in [0.25, 0.3) is 5.56 Å². The van der Waals surface area contributed by atoms with Crippen LogP contribution in [0.5, 0.6) is 11.5 Å². The fraction of sp³-hybridized carbons (Fsp3) is 0.474. The van der Waals surface area contributed by atoms with Gasteiger partial charge in [0.2, 0.25) is 5.91 Å². The molecule has 0 saturated carbocycles. The molecule has 1 aromatic carbocycles. The van der Waals surface area contributed by atoms with Crippen molar-refractivity contribution >= 4 is 35.2 Å². The number of ether oxygens (including phenoxy) is 2. The first-order valence-corrected chi connectivity index (χ1v) is 11.4. The normalized spacial score (nSPS) is 20.2. The van der Waals surface area contributed by atoms with Crippen LogP contribution in [0, 0.1) is 0 Å². The molecule has 0 unspecified atom stereocenters. The molecule has 2 aromatic rings. The fourth-order valence-electron chi connectivity index (χ4n) is 3.74. The number of amides is 1. The van der Waals surface area contributed by atoms with Crippen molar-refractivity contribution in [1.29, 1.82) is 0 Å². The van der Waals surface area contributed by atoms with Gasteiger partial charge in [-0.25, -0.2) is 0 Å². The van der Waals surface area contributed by atoms with Crippen molar-refractivity contribution in [3.8, 4) is 11.5 Å². The van der Waals surface area contributed by atoms with E-state index in [1.165, 1.54) is 11.8 Å². The Hall–Kier alpha value is -2.00. The van der Waals surface area contributed by atoms with Gasteiger partial charge in [-0.3, -0.25) is 19.4 Å². The largest absolute Gasteiger partial charge is 0.493 e. The minimum Gasteiger partial charge on any atom is -0.493 e. The lowest BCUT2D eigenvalue weighted by atomic mass is 10.0. The molecule has 2 aliphatic rings. The molecule has 1 atom stereocenters. The summed E-state index contributed by atoms with van der Waals surface area (Å²) < 4.78 is 12.6. The molecular formula is C19H23N3O4S2. The second-order valence-electron chi connectivity index (χ2n) is 6.77. The number of rotatable bonds is 4. The summed E-state index contributed by atoms with van der Waals surface area (Å²) in [5, 5.41) is 5.69. The lowest BCUT2D eigenvalue weighted by Crippen LogP contribution is -2.22. The summed E-state index contributed by atoms with van der Waals surface area (Å²) in [5.41, 5.74) is 1.35. The van der Waals surface area contributed by atoms with E-state index >= 15 is 0 Å². The highest BCUT2D eigenvalue weighted by Crippen LogP contribution is 2.43. The van der Waals surface area contributed by atoms with Crippen LogP contribution in [0.25, 0.3) is 0 Å². The molecule has 1 saturated heterocycles. The molecule has 2 aliphatic heterocycles. The van der Waals surface area contributed by atoms with Gasteiger partial charge in [0.15, 0.2) is 11.5 Å². The number of carbonyl (C=O) groups is 1. The van der Waals surface area contributed by atoms with E-state index in [9.17, 15) is 9.59 Å². The fourth-order valence-corrected chi connectivity index (χ4v) is 5.94. The maximum atomic E-state index is 12.9. The Morgan fingerprint density at radius 2 is 1.86 bits per heavy atom. The molecule has 0 aliphatic carbocycles. The number of benzene rings is 1. The Bertz CT molecular complexity index is 934. The van der Waals surface area contributed by atoms with E-state index < -0.39 is 0 Å². The van der Waals surface area contributed by atoms with Crippen molar-refractivity contribution in [2.45, 2.75) is 24.1 Å². The van der Waals surface area contributed by atoms with E-state index in [0.717, 1.165) is 29.9 Å². The molecule has 28 heavy (non-hydrogen) atoms. The second kappa shape index (κ2) is 8.16. The quantitative estimate of drug-likeness (QED) is 0.789. The van der Waals surface area contributed by atoms with E-state index in [0.29, 0.717) is 22.9 Å². The summed E-state index contributed by atoms with van der Waals surface area (Å²) in [4.78, 5) is 25.3. The number of hydrogen-bond acceptors (Lipinski definition) is 6. The van der Waals surface area contributed by atoms with Gasteiger partial charge in [0, 0.05) is 0 Å². The molecule has 7 nitrogen and oxygen atoms in total. The summed E-state index contributed by atoms with van der Waals surface area (Å²) in [5.74, 6) is 4.15. The van der Waals surface area contributed by atoms with Crippen LogP contribution in [-0.4, -0.2) is 47.2 Å². The van der Waals surface area contributed by atoms with Gasteiger partial charge in [-0.15, -0.1) is 11.8 Å². The summed E-state index contributed by atoms with van der Waals surface area (Å²) in [7, 11) is 3.18. The highest BCUT2D eigenvalue weighted by molar-refractivity contribution is 8.00. The summed E-state index contributed by atoms with van der Waals surface area (Å²) in [6.45, 7) is 0. The maximum Gasteiger partial charge on any atom is 0.270 e. The first-order valence-electron chi connectivity index (χ1n) is 9.18. The average Bonchev–Trinajstić information content (AvgIpc) is 2.93. The van der Waals surface area contributed by atoms with Crippen LogP contribution < -0.4 is 20.3 Å². The van der Waals surface area contributed by atoms with Gasteiger partial charge in [-0.05, 0) is 42.0 Å². The van der Waals surface area contributed by atoms with Crippen molar-refractivity contribution in [1.82, 2.24) is 9.78 Å². The lowest BCUT2D eigenvalue weighted by molar-refractivity contribution is -0.113. The Labute approximate surface area is 171 Å². The monoisotopic (exact) mass is 421 g/mol. The maximum absolute atomic E-state index is 12.9. The zero-order chi connectivity index (χ0) is 19.7. The van der Waals surface area contributed by atoms with Crippen LogP contribution in [-0.2, 0) is 4.79 Å². The number of fused-ring (bicyclic) bond motifs is 1. The highest BCUT2D eigenvalue weighted by Gasteiger charge is 2.33. The molecule has 0 bridgehead atoms. The van der Waals surface area contributed by atoms with Crippen LogP contribution in [0.2, 0.25) is 0 Å². The molecule has 9 heteroatoms. The Morgan fingerprint density at radius 1 is 1.11 bits per heavy atom. The Kier molecular flexibility index (Phi) is 5.63. The Morgan fingerprint density at radius 3 is 2.57 bits per heavy atom. The first kappa shape index (κ1) is 19.3. The van der Waals surface area contributed by atoms with E-state index in [2.05, 4.69) is 10.4 Å². The highest BCUT2D eigenvalue weighted by atomic mass is 32.2. The third-order valence-electron chi connectivity index (χ3n) is 5.13. The third kappa shape index (κ3) is 3.53. The van der Waals surface area contributed by atoms with Gasteiger partial charge >= 0.3 is 0 Å². The topological polar surface area (TPSA) is 85.4 Å². The predicted molar refractivity (Wildman–Crippen MR) is 113 cm³/mol. The molecule has 1 fully saturated rings. The molecule has 1 amide bonds. The van der Waals surface area contributed by atoms with Gasteiger partial charge in [-0.1, -0.05) is 6.07 Å². The van der Waals surface area contributed by atoms with E-state index in [4.69, 9.17) is 9.47 Å². The number of hydrogen-bond donors (Lipinski definition) is 2. The molecule has 4 rings (SSSR count). The summed E-state index contributed by atoms with van der Waals surface area (Å²) in [6, 6.07) is 5.83. The van der Waals surface area contributed by atoms with Gasteiger partial charge in [0.1, 0.15) is 5.82 Å². The number of anilines is 1. The zero-order valence-corrected chi connectivity index (χ0v) is 17.5. The standard InChI is InChI=1S/C19H23N3O4S2/c1-25-13-4-3-11(9-14(13)26-2)17-16-18(20-15(23)10-28-17)22(21-19(16)24)12-5-7-27-8-6-12/h3-4,9,12,17H,5-8,10H2,1-2H3,(H,20,23)(H,21,24)/t17-/m0/s1. The number of aromatic nitrogens is 2. The van der Waals surface area contributed by atoms with Gasteiger partial charge in [-0.2, -0.15) is 11.8 Å². The summed E-state index contributed by atoms with van der Waals surface area (Å²) in [6.07, 6.45) is 1.96. The van der Waals surface area contributed by atoms with Crippen LogP contribution >= 0.6 is 23.5 Å². The number of thioether (sulfide) groups is 2. The van der Waals surface area contributed by atoms with Crippen LogP contribution in [0.1, 0.15) is 35.3 Å². The SMILES string of the molecule is COc1ccc([C@@H]2SCC(=O)Nc3c2c(=O)[nH]n3C2CCSCC2)cc1OC. The van der Waals surface area contributed by atoms with E-state index in [1.54, 1.807) is 14.2 Å². The number of H-pyrrole nitrogens is 1. The van der Waals surface area contributed by atoms with Crippen LogP contribution in [0.15, 0.2) is 23.0 Å². The van der Waals surface area contributed by atoms with E-state index in [-0.39, 0.29) is 28.5 Å². The van der Waals surface area contributed by atoms with Crippen molar-refractivity contribution < 1.29 is 14.3 Å². The molecule has 3 heterocycles. The number of carbonyl (C=O) groups excluding carboxylic acids is 1.